The Morgan fingerprint density at radius 2 is 2.23 bits per heavy atom. The summed E-state index contributed by atoms with van der Waals surface area (Å²) in [7, 11) is 0. The molecule has 0 bridgehead atoms. The molecule has 0 aliphatic rings. The first kappa shape index (κ1) is 8.26. The number of aromatic nitrogens is 1. The van der Waals surface area contributed by atoms with Crippen LogP contribution in [0.3, 0.4) is 0 Å². The van der Waals surface area contributed by atoms with Crippen LogP contribution in [0.2, 0.25) is 5.02 Å². The molecule has 66 valence electrons. The molecule has 0 unspecified atom stereocenters. The lowest BCUT2D eigenvalue weighted by molar-refractivity contribution is 0.571. The van der Waals surface area contributed by atoms with Crippen molar-refractivity contribution < 1.29 is 8.81 Å². The highest BCUT2D eigenvalue weighted by molar-refractivity contribution is 6.33. The Morgan fingerprint density at radius 1 is 1.38 bits per heavy atom. The summed E-state index contributed by atoms with van der Waals surface area (Å²) in [6.07, 6.45) is 2.83. The summed E-state index contributed by atoms with van der Waals surface area (Å²) in [5.74, 6) is 0.165. The standard InChI is InChI=1S/C9H5ClFNO/c10-8-3-6(11)1-2-7(8)9-4-12-5-13-9/h1-5H. The Hall–Kier alpha value is -1.35. The van der Waals surface area contributed by atoms with Crippen molar-refractivity contribution in [2.24, 2.45) is 0 Å². The molecule has 13 heavy (non-hydrogen) atoms. The van der Waals surface area contributed by atoms with Gasteiger partial charge in [-0.2, -0.15) is 0 Å². The number of rotatable bonds is 1. The summed E-state index contributed by atoms with van der Waals surface area (Å²) in [6.45, 7) is 0. The zero-order valence-corrected chi connectivity index (χ0v) is 7.25. The van der Waals surface area contributed by atoms with Gasteiger partial charge in [-0.05, 0) is 18.2 Å². The molecule has 0 saturated carbocycles. The molecule has 0 aliphatic heterocycles. The van der Waals surface area contributed by atoms with Gasteiger partial charge >= 0.3 is 0 Å². The minimum absolute atomic E-state index is 0.316. The van der Waals surface area contributed by atoms with E-state index in [1.54, 1.807) is 6.07 Å². The molecule has 0 amide bonds. The quantitative estimate of drug-likeness (QED) is 0.702. The Morgan fingerprint density at radius 3 is 2.85 bits per heavy atom. The van der Waals surface area contributed by atoms with Crippen LogP contribution in [-0.2, 0) is 0 Å². The maximum absolute atomic E-state index is 12.7. The lowest BCUT2D eigenvalue weighted by Crippen LogP contribution is -1.78. The van der Waals surface area contributed by atoms with Crippen LogP contribution < -0.4 is 0 Å². The molecule has 0 atom stereocenters. The monoisotopic (exact) mass is 197 g/mol. The van der Waals surface area contributed by atoms with Crippen LogP contribution in [0.1, 0.15) is 0 Å². The number of nitrogens with zero attached hydrogens (tertiary/aromatic N) is 1. The van der Waals surface area contributed by atoms with Crippen LogP contribution in [0.25, 0.3) is 11.3 Å². The van der Waals surface area contributed by atoms with Crippen LogP contribution in [0.5, 0.6) is 0 Å². The van der Waals surface area contributed by atoms with E-state index in [0.717, 1.165) is 0 Å². The SMILES string of the molecule is Fc1ccc(-c2cnco2)c(Cl)c1. The zero-order valence-electron chi connectivity index (χ0n) is 6.50. The number of halogens is 2. The Balaban J connectivity index is 2.53. The molecule has 2 aromatic rings. The third kappa shape index (κ3) is 1.55. The van der Waals surface area contributed by atoms with Gasteiger partial charge in [-0.25, -0.2) is 9.37 Å². The summed E-state index contributed by atoms with van der Waals surface area (Å²) in [4.78, 5) is 3.74. The van der Waals surface area contributed by atoms with Crippen LogP contribution in [-0.4, -0.2) is 4.98 Å². The summed E-state index contributed by atoms with van der Waals surface area (Å²) in [5.41, 5.74) is 0.639. The van der Waals surface area contributed by atoms with Crippen LogP contribution in [0.15, 0.2) is 35.2 Å². The normalized spacial score (nSPS) is 10.3. The molecule has 0 saturated heterocycles. The van der Waals surface area contributed by atoms with Crippen molar-refractivity contribution in [2.75, 3.05) is 0 Å². The Bertz CT molecular complexity index is 414. The van der Waals surface area contributed by atoms with E-state index in [0.29, 0.717) is 16.3 Å². The fourth-order valence-electron chi connectivity index (χ4n) is 1.04. The average molecular weight is 198 g/mol. The number of benzene rings is 1. The fraction of sp³-hybridized carbons (Fsp3) is 0. The molecular weight excluding hydrogens is 193 g/mol. The van der Waals surface area contributed by atoms with Crippen molar-refractivity contribution in [1.29, 1.82) is 0 Å². The maximum Gasteiger partial charge on any atom is 0.181 e. The molecule has 4 heteroatoms. The summed E-state index contributed by atoms with van der Waals surface area (Å²) < 4.78 is 17.7. The van der Waals surface area contributed by atoms with Crippen LogP contribution in [0, 0.1) is 5.82 Å². The van der Waals surface area contributed by atoms with E-state index in [1.165, 1.54) is 24.7 Å². The number of oxazole rings is 1. The number of hydrogen-bond donors (Lipinski definition) is 0. The zero-order chi connectivity index (χ0) is 9.26. The van der Waals surface area contributed by atoms with Gasteiger partial charge in [-0.15, -0.1) is 0 Å². The second-order valence-corrected chi connectivity index (χ2v) is 2.90. The molecule has 0 N–H and O–H groups in total. The molecule has 0 aliphatic carbocycles. The average Bonchev–Trinajstić information content (AvgIpc) is 2.56. The molecule has 1 aromatic carbocycles. The molecule has 2 nitrogen and oxygen atoms in total. The number of hydrogen-bond acceptors (Lipinski definition) is 2. The predicted octanol–water partition coefficient (Wildman–Crippen LogP) is 3.13. The van der Waals surface area contributed by atoms with Crippen LogP contribution >= 0.6 is 11.6 Å². The Labute approximate surface area is 79.0 Å². The lowest BCUT2D eigenvalue weighted by atomic mass is 10.2. The van der Waals surface area contributed by atoms with Crippen molar-refractivity contribution in [1.82, 2.24) is 4.98 Å². The third-order valence-electron chi connectivity index (χ3n) is 1.63. The molecule has 0 fully saturated rings. The molecule has 0 radical (unpaired) electrons. The highest BCUT2D eigenvalue weighted by Gasteiger charge is 2.06. The van der Waals surface area contributed by atoms with Crippen molar-refractivity contribution in [3.8, 4) is 11.3 Å². The predicted molar refractivity (Wildman–Crippen MR) is 46.9 cm³/mol. The maximum atomic E-state index is 12.7. The van der Waals surface area contributed by atoms with Gasteiger partial charge < -0.3 is 4.42 Å². The minimum atomic E-state index is -0.367. The smallest absolute Gasteiger partial charge is 0.181 e. The van der Waals surface area contributed by atoms with Gasteiger partial charge in [0.25, 0.3) is 0 Å². The van der Waals surface area contributed by atoms with Crippen molar-refractivity contribution in [2.45, 2.75) is 0 Å². The molecule has 1 heterocycles. The summed E-state index contributed by atoms with van der Waals surface area (Å²) in [5, 5.41) is 0.316. The van der Waals surface area contributed by atoms with Gasteiger partial charge in [0.2, 0.25) is 0 Å². The van der Waals surface area contributed by atoms with E-state index in [4.69, 9.17) is 16.0 Å². The summed E-state index contributed by atoms with van der Waals surface area (Å²) >= 11 is 5.79. The van der Waals surface area contributed by atoms with Gasteiger partial charge in [-0.3, -0.25) is 0 Å². The first-order valence-electron chi connectivity index (χ1n) is 3.61. The van der Waals surface area contributed by atoms with E-state index < -0.39 is 0 Å². The van der Waals surface area contributed by atoms with Crippen molar-refractivity contribution in [3.63, 3.8) is 0 Å². The van der Waals surface area contributed by atoms with E-state index in [9.17, 15) is 4.39 Å². The lowest BCUT2D eigenvalue weighted by Gasteiger charge is -1.98. The summed E-state index contributed by atoms with van der Waals surface area (Å²) in [6, 6.07) is 4.11. The van der Waals surface area contributed by atoms with Gasteiger partial charge in [0.15, 0.2) is 12.2 Å². The van der Waals surface area contributed by atoms with Gasteiger partial charge in [0.05, 0.1) is 11.2 Å². The van der Waals surface area contributed by atoms with E-state index in [2.05, 4.69) is 4.98 Å². The largest absolute Gasteiger partial charge is 0.443 e. The topological polar surface area (TPSA) is 26.0 Å². The third-order valence-corrected chi connectivity index (χ3v) is 1.94. The highest BCUT2D eigenvalue weighted by Crippen LogP contribution is 2.27. The molecule has 2 rings (SSSR count). The second kappa shape index (κ2) is 3.18. The first-order valence-corrected chi connectivity index (χ1v) is 3.99. The first-order chi connectivity index (χ1) is 6.27. The second-order valence-electron chi connectivity index (χ2n) is 2.49. The van der Waals surface area contributed by atoms with Gasteiger partial charge in [-0.1, -0.05) is 11.6 Å². The molecular formula is C9H5ClFNO. The Kier molecular flexibility index (Phi) is 2.02. The van der Waals surface area contributed by atoms with Gasteiger partial charge in [0, 0.05) is 5.56 Å². The van der Waals surface area contributed by atoms with E-state index in [1.807, 2.05) is 0 Å². The van der Waals surface area contributed by atoms with E-state index >= 15 is 0 Å². The van der Waals surface area contributed by atoms with Crippen molar-refractivity contribution >= 4 is 11.6 Å². The van der Waals surface area contributed by atoms with Crippen LogP contribution in [0.4, 0.5) is 4.39 Å². The molecule has 1 aromatic heterocycles. The van der Waals surface area contributed by atoms with Gasteiger partial charge in [0.1, 0.15) is 5.82 Å². The molecule has 0 spiro atoms. The van der Waals surface area contributed by atoms with Crippen molar-refractivity contribution in [3.05, 3.63) is 41.6 Å². The minimum Gasteiger partial charge on any atom is -0.443 e. The van der Waals surface area contributed by atoms with E-state index in [-0.39, 0.29) is 5.82 Å². The fourth-order valence-corrected chi connectivity index (χ4v) is 1.30. The highest BCUT2D eigenvalue weighted by atomic mass is 35.5.